The molecule has 0 amide bonds. The van der Waals surface area contributed by atoms with E-state index in [1.165, 1.54) is 5.57 Å². The normalized spacial score (nSPS) is 27.4. The van der Waals surface area contributed by atoms with Crippen molar-refractivity contribution in [3.05, 3.63) is 11.1 Å². The van der Waals surface area contributed by atoms with Crippen LogP contribution in [0.4, 0.5) is 0 Å². The number of nitrogens with one attached hydrogen (secondary N) is 1. The third-order valence-electron chi connectivity index (χ3n) is 3.27. The molecule has 1 atom stereocenters. The van der Waals surface area contributed by atoms with Gasteiger partial charge in [-0.25, -0.2) is 0 Å². The average molecular weight is 245 g/mol. The summed E-state index contributed by atoms with van der Waals surface area (Å²) in [5.41, 5.74) is 3.15. The fourth-order valence-electron chi connectivity index (χ4n) is 2.38. The maximum Gasteiger partial charge on any atom is 0.0253 e. The van der Waals surface area contributed by atoms with Crippen molar-refractivity contribution in [3.63, 3.8) is 0 Å². The van der Waals surface area contributed by atoms with Gasteiger partial charge in [0.25, 0.3) is 0 Å². The van der Waals surface area contributed by atoms with Gasteiger partial charge >= 0.3 is 0 Å². The van der Waals surface area contributed by atoms with Crippen LogP contribution in [0.5, 0.6) is 0 Å². The molecule has 1 heterocycles. The lowest BCUT2D eigenvalue weighted by atomic mass is 9.93. The smallest absolute Gasteiger partial charge is 0.0253 e. The molecule has 0 aromatic heterocycles. The summed E-state index contributed by atoms with van der Waals surface area (Å²) in [6.07, 6.45) is 0. The number of rotatable bonds is 3. The molecule has 1 saturated heterocycles. The quantitative estimate of drug-likeness (QED) is 0.822. The molecule has 1 unspecified atom stereocenters. The minimum Gasteiger partial charge on any atom is -0.309 e. The molecule has 1 fully saturated rings. The third kappa shape index (κ3) is 3.76. The number of piperazine rings is 1. The Kier molecular flexibility index (Phi) is 4.84. The molecule has 0 radical (unpaired) electrons. The standard InChI is InChI=1S/C13H25ClN2/c1-10(2)12-7-15-13(4,5)9-16(12)8-11(3)6-14/h6,10,12,15H,7-9H2,1-5H3. The third-order valence-corrected chi connectivity index (χ3v) is 3.64. The van der Waals surface area contributed by atoms with Crippen molar-refractivity contribution in [1.82, 2.24) is 10.2 Å². The minimum absolute atomic E-state index is 0.206. The molecule has 1 N–H and O–H groups in total. The van der Waals surface area contributed by atoms with E-state index in [-0.39, 0.29) is 5.54 Å². The second kappa shape index (κ2) is 5.52. The highest BCUT2D eigenvalue weighted by Crippen LogP contribution is 2.21. The topological polar surface area (TPSA) is 15.3 Å². The first-order valence-electron chi connectivity index (χ1n) is 6.10. The van der Waals surface area contributed by atoms with Crippen LogP contribution in [0.25, 0.3) is 0 Å². The predicted octanol–water partition coefficient (Wildman–Crippen LogP) is 2.84. The molecule has 0 bridgehead atoms. The van der Waals surface area contributed by atoms with Gasteiger partial charge in [-0.05, 0) is 32.3 Å². The Morgan fingerprint density at radius 1 is 1.56 bits per heavy atom. The molecular formula is C13H25ClN2. The van der Waals surface area contributed by atoms with Gasteiger partial charge in [-0.2, -0.15) is 0 Å². The van der Waals surface area contributed by atoms with Crippen LogP contribution in [0.1, 0.15) is 34.6 Å². The molecule has 16 heavy (non-hydrogen) atoms. The number of hydrogen-bond donors (Lipinski definition) is 1. The summed E-state index contributed by atoms with van der Waals surface area (Å²) < 4.78 is 0. The van der Waals surface area contributed by atoms with E-state index in [0.29, 0.717) is 12.0 Å². The summed E-state index contributed by atoms with van der Waals surface area (Å²) in [7, 11) is 0. The highest BCUT2D eigenvalue weighted by Gasteiger charge is 2.33. The first kappa shape index (κ1) is 14.0. The van der Waals surface area contributed by atoms with Gasteiger partial charge in [0.05, 0.1) is 0 Å². The van der Waals surface area contributed by atoms with E-state index in [0.717, 1.165) is 19.6 Å². The lowest BCUT2D eigenvalue weighted by Crippen LogP contribution is -2.63. The lowest BCUT2D eigenvalue weighted by Gasteiger charge is -2.46. The van der Waals surface area contributed by atoms with Crippen molar-refractivity contribution >= 4 is 11.6 Å². The summed E-state index contributed by atoms with van der Waals surface area (Å²) in [5.74, 6) is 0.673. The first-order chi connectivity index (χ1) is 7.35. The van der Waals surface area contributed by atoms with Crippen LogP contribution in [0.3, 0.4) is 0 Å². The second-order valence-electron chi connectivity index (χ2n) is 5.94. The molecule has 3 heteroatoms. The van der Waals surface area contributed by atoms with Crippen molar-refractivity contribution in [2.24, 2.45) is 5.92 Å². The highest BCUT2D eigenvalue weighted by molar-refractivity contribution is 6.25. The first-order valence-corrected chi connectivity index (χ1v) is 6.54. The van der Waals surface area contributed by atoms with Crippen molar-refractivity contribution in [2.45, 2.75) is 46.2 Å². The molecule has 1 aliphatic rings. The molecule has 2 nitrogen and oxygen atoms in total. The second-order valence-corrected chi connectivity index (χ2v) is 6.15. The van der Waals surface area contributed by atoms with Crippen LogP contribution >= 0.6 is 11.6 Å². The van der Waals surface area contributed by atoms with Gasteiger partial charge in [0.15, 0.2) is 0 Å². The van der Waals surface area contributed by atoms with Gasteiger partial charge in [-0.3, -0.25) is 4.90 Å². The Hall–Kier alpha value is -0.0500. The zero-order valence-corrected chi connectivity index (χ0v) is 11.9. The Bertz CT molecular complexity index is 259. The van der Waals surface area contributed by atoms with E-state index in [4.69, 9.17) is 11.6 Å². The molecule has 0 aromatic carbocycles. The molecule has 94 valence electrons. The molecule has 0 aliphatic carbocycles. The van der Waals surface area contributed by atoms with Crippen LogP contribution in [-0.4, -0.2) is 36.1 Å². The van der Waals surface area contributed by atoms with E-state index in [1.54, 1.807) is 5.54 Å². The molecular weight excluding hydrogens is 220 g/mol. The summed E-state index contributed by atoms with van der Waals surface area (Å²) in [4.78, 5) is 2.55. The predicted molar refractivity (Wildman–Crippen MR) is 71.9 cm³/mol. The Labute approximate surface area is 105 Å². The maximum absolute atomic E-state index is 5.77. The van der Waals surface area contributed by atoms with Crippen molar-refractivity contribution < 1.29 is 0 Å². The fraction of sp³-hybridized carbons (Fsp3) is 0.846. The molecule has 1 aliphatic heterocycles. The zero-order valence-electron chi connectivity index (χ0n) is 11.2. The van der Waals surface area contributed by atoms with Crippen molar-refractivity contribution in [3.8, 4) is 0 Å². The van der Waals surface area contributed by atoms with Gasteiger partial charge in [0.1, 0.15) is 0 Å². The molecule has 0 aromatic rings. The van der Waals surface area contributed by atoms with Gasteiger partial charge in [-0.1, -0.05) is 25.4 Å². The average Bonchev–Trinajstić information content (AvgIpc) is 2.15. The van der Waals surface area contributed by atoms with E-state index < -0.39 is 0 Å². The van der Waals surface area contributed by atoms with Gasteiger partial charge in [0.2, 0.25) is 0 Å². The minimum atomic E-state index is 0.206. The Morgan fingerprint density at radius 2 is 2.19 bits per heavy atom. The summed E-state index contributed by atoms with van der Waals surface area (Å²) >= 11 is 5.77. The largest absolute Gasteiger partial charge is 0.309 e. The van der Waals surface area contributed by atoms with Crippen molar-refractivity contribution in [1.29, 1.82) is 0 Å². The van der Waals surface area contributed by atoms with E-state index in [9.17, 15) is 0 Å². The van der Waals surface area contributed by atoms with Crippen LogP contribution in [0.15, 0.2) is 11.1 Å². The van der Waals surface area contributed by atoms with Gasteiger partial charge in [-0.15, -0.1) is 0 Å². The van der Waals surface area contributed by atoms with Gasteiger partial charge in [0, 0.05) is 36.8 Å². The highest BCUT2D eigenvalue weighted by atomic mass is 35.5. The Balaban J connectivity index is 2.72. The van der Waals surface area contributed by atoms with Gasteiger partial charge < -0.3 is 5.32 Å². The fourth-order valence-corrected chi connectivity index (χ4v) is 2.45. The lowest BCUT2D eigenvalue weighted by molar-refractivity contribution is 0.0782. The maximum atomic E-state index is 5.77. The molecule has 0 spiro atoms. The van der Waals surface area contributed by atoms with E-state index >= 15 is 0 Å². The van der Waals surface area contributed by atoms with E-state index in [1.807, 2.05) is 0 Å². The molecule has 0 saturated carbocycles. The summed E-state index contributed by atoms with van der Waals surface area (Å²) in [6, 6.07) is 0.611. The molecule has 1 rings (SSSR count). The number of nitrogens with zero attached hydrogens (tertiary/aromatic N) is 1. The van der Waals surface area contributed by atoms with E-state index in [2.05, 4.69) is 44.8 Å². The van der Waals surface area contributed by atoms with Crippen LogP contribution in [-0.2, 0) is 0 Å². The summed E-state index contributed by atoms with van der Waals surface area (Å²) in [6.45, 7) is 14.3. The monoisotopic (exact) mass is 244 g/mol. The number of hydrogen-bond acceptors (Lipinski definition) is 2. The van der Waals surface area contributed by atoms with Crippen LogP contribution in [0.2, 0.25) is 0 Å². The zero-order chi connectivity index (χ0) is 12.3. The Morgan fingerprint density at radius 3 is 2.69 bits per heavy atom. The van der Waals surface area contributed by atoms with Crippen LogP contribution in [0, 0.1) is 5.92 Å². The van der Waals surface area contributed by atoms with Crippen molar-refractivity contribution in [2.75, 3.05) is 19.6 Å². The number of halogens is 1. The summed E-state index contributed by atoms with van der Waals surface area (Å²) in [5, 5.41) is 3.62. The van der Waals surface area contributed by atoms with Crippen LogP contribution < -0.4 is 5.32 Å². The SMILES string of the molecule is CC(=CCl)CN1CC(C)(C)NCC1C(C)C.